The molecule has 0 bridgehead atoms. The van der Waals surface area contributed by atoms with Crippen LogP contribution in [-0.4, -0.2) is 25.2 Å². The van der Waals surface area contributed by atoms with Crippen LogP contribution in [0.5, 0.6) is 0 Å². The van der Waals surface area contributed by atoms with E-state index in [0.29, 0.717) is 18.2 Å². The Balaban J connectivity index is 2.02. The van der Waals surface area contributed by atoms with Gasteiger partial charge in [-0.1, -0.05) is 18.2 Å². The molecule has 1 heterocycles. The molecule has 1 aliphatic rings. The van der Waals surface area contributed by atoms with Gasteiger partial charge in [0.2, 0.25) is 5.91 Å². The zero-order valence-electron chi connectivity index (χ0n) is 8.40. The lowest BCUT2D eigenvalue weighted by Gasteiger charge is -2.27. The molecule has 4 nitrogen and oxygen atoms in total. The molecule has 0 spiro atoms. The van der Waals surface area contributed by atoms with Crippen molar-refractivity contribution in [1.82, 2.24) is 5.32 Å². The predicted octanol–water partition coefficient (Wildman–Crippen LogP) is 0.274. The highest BCUT2D eigenvalue weighted by Gasteiger charge is 2.17. The minimum atomic E-state index is -0.378. The van der Waals surface area contributed by atoms with Gasteiger partial charge in [0, 0.05) is 12.1 Å². The van der Waals surface area contributed by atoms with Crippen molar-refractivity contribution in [2.75, 3.05) is 13.2 Å². The summed E-state index contributed by atoms with van der Waals surface area (Å²) in [6.07, 6.45) is 0. The van der Waals surface area contributed by atoms with Crippen molar-refractivity contribution in [1.29, 1.82) is 0 Å². The number of hydrogen-bond acceptors (Lipinski definition) is 3. The van der Waals surface area contributed by atoms with Crippen molar-refractivity contribution in [3.63, 3.8) is 0 Å². The first-order chi connectivity index (χ1) is 7.27. The van der Waals surface area contributed by atoms with Gasteiger partial charge in [-0.3, -0.25) is 4.79 Å². The SMILES string of the molecule is NC(=O)c1ccccc1CNC1COC1. The third-order valence-electron chi connectivity index (χ3n) is 2.50. The monoisotopic (exact) mass is 206 g/mol. The molecule has 0 unspecified atom stereocenters. The van der Waals surface area contributed by atoms with Gasteiger partial charge in [0.15, 0.2) is 0 Å². The Morgan fingerprint density at radius 2 is 2.20 bits per heavy atom. The average molecular weight is 206 g/mol. The maximum Gasteiger partial charge on any atom is 0.249 e. The molecule has 0 aliphatic carbocycles. The Kier molecular flexibility index (Phi) is 2.99. The second-order valence-corrected chi connectivity index (χ2v) is 3.64. The van der Waals surface area contributed by atoms with E-state index in [2.05, 4.69) is 5.32 Å². The molecule has 2 rings (SSSR count). The van der Waals surface area contributed by atoms with Crippen LogP contribution in [0, 0.1) is 0 Å². The number of nitrogens with one attached hydrogen (secondary N) is 1. The third-order valence-corrected chi connectivity index (χ3v) is 2.50. The molecule has 1 aromatic rings. The molecule has 0 aromatic heterocycles. The molecule has 1 amide bonds. The summed E-state index contributed by atoms with van der Waals surface area (Å²) in [7, 11) is 0. The molecule has 1 fully saturated rings. The van der Waals surface area contributed by atoms with E-state index in [-0.39, 0.29) is 5.91 Å². The molecular formula is C11H14N2O2. The summed E-state index contributed by atoms with van der Waals surface area (Å²) in [5.74, 6) is -0.378. The van der Waals surface area contributed by atoms with Crippen LogP contribution in [0.1, 0.15) is 15.9 Å². The largest absolute Gasteiger partial charge is 0.378 e. The number of rotatable bonds is 4. The van der Waals surface area contributed by atoms with Crippen molar-refractivity contribution < 1.29 is 9.53 Å². The van der Waals surface area contributed by atoms with Gasteiger partial charge in [0.25, 0.3) is 0 Å². The molecular weight excluding hydrogens is 192 g/mol. The van der Waals surface area contributed by atoms with Gasteiger partial charge >= 0.3 is 0 Å². The van der Waals surface area contributed by atoms with Crippen LogP contribution in [0.15, 0.2) is 24.3 Å². The van der Waals surface area contributed by atoms with Gasteiger partial charge in [-0.15, -0.1) is 0 Å². The van der Waals surface area contributed by atoms with Crippen molar-refractivity contribution in [2.45, 2.75) is 12.6 Å². The van der Waals surface area contributed by atoms with Crippen LogP contribution >= 0.6 is 0 Å². The summed E-state index contributed by atoms with van der Waals surface area (Å²) in [5.41, 5.74) is 6.81. The van der Waals surface area contributed by atoms with Gasteiger partial charge in [0.05, 0.1) is 19.3 Å². The second-order valence-electron chi connectivity index (χ2n) is 3.64. The number of benzene rings is 1. The average Bonchev–Trinajstić information content (AvgIpc) is 2.16. The zero-order valence-corrected chi connectivity index (χ0v) is 8.40. The quantitative estimate of drug-likeness (QED) is 0.743. The highest BCUT2D eigenvalue weighted by molar-refractivity contribution is 5.94. The molecule has 1 aliphatic heterocycles. The lowest BCUT2D eigenvalue weighted by Crippen LogP contribution is -2.45. The topological polar surface area (TPSA) is 64.4 Å². The Morgan fingerprint density at radius 3 is 2.80 bits per heavy atom. The minimum absolute atomic E-state index is 0.378. The third kappa shape index (κ3) is 2.34. The lowest BCUT2D eigenvalue weighted by atomic mass is 10.1. The Morgan fingerprint density at radius 1 is 1.47 bits per heavy atom. The first-order valence-electron chi connectivity index (χ1n) is 4.96. The molecule has 80 valence electrons. The molecule has 0 saturated carbocycles. The highest BCUT2D eigenvalue weighted by atomic mass is 16.5. The summed E-state index contributed by atoms with van der Waals surface area (Å²) in [6.45, 7) is 2.16. The maximum absolute atomic E-state index is 11.1. The molecule has 1 saturated heterocycles. The number of carbonyl (C=O) groups excluding carboxylic acids is 1. The summed E-state index contributed by atoms with van der Waals surface area (Å²) in [4.78, 5) is 11.1. The number of amides is 1. The molecule has 1 aromatic carbocycles. The fourth-order valence-electron chi connectivity index (χ4n) is 1.52. The number of nitrogens with two attached hydrogens (primary N) is 1. The van der Waals surface area contributed by atoms with Crippen LogP contribution in [0.4, 0.5) is 0 Å². The van der Waals surface area contributed by atoms with E-state index < -0.39 is 0 Å². The van der Waals surface area contributed by atoms with Gasteiger partial charge in [-0.05, 0) is 11.6 Å². The Labute approximate surface area is 88.4 Å². The summed E-state index contributed by atoms with van der Waals surface area (Å²) in [5, 5.41) is 3.30. The molecule has 3 N–H and O–H groups in total. The van der Waals surface area contributed by atoms with Gasteiger partial charge in [0.1, 0.15) is 0 Å². The molecule has 0 atom stereocenters. The van der Waals surface area contributed by atoms with Gasteiger partial charge in [-0.2, -0.15) is 0 Å². The van der Waals surface area contributed by atoms with Gasteiger partial charge in [-0.25, -0.2) is 0 Å². The highest BCUT2D eigenvalue weighted by Crippen LogP contribution is 2.09. The molecule has 4 heteroatoms. The van der Waals surface area contributed by atoms with E-state index in [1.54, 1.807) is 6.07 Å². The van der Waals surface area contributed by atoms with Crippen LogP contribution in [0.3, 0.4) is 0 Å². The van der Waals surface area contributed by atoms with E-state index in [1.165, 1.54) is 0 Å². The van der Waals surface area contributed by atoms with E-state index in [4.69, 9.17) is 10.5 Å². The van der Waals surface area contributed by atoms with Crippen LogP contribution in [-0.2, 0) is 11.3 Å². The number of carbonyl (C=O) groups is 1. The summed E-state index contributed by atoms with van der Waals surface area (Å²) < 4.78 is 5.05. The lowest BCUT2D eigenvalue weighted by molar-refractivity contribution is -0.00580. The summed E-state index contributed by atoms with van der Waals surface area (Å²) >= 11 is 0. The molecule has 0 radical (unpaired) electrons. The number of primary amides is 1. The zero-order chi connectivity index (χ0) is 10.7. The maximum atomic E-state index is 11.1. The second kappa shape index (κ2) is 4.42. The van der Waals surface area contributed by atoms with E-state index in [9.17, 15) is 4.79 Å². The number of ether oxygens (including phenoxy) is 1. The first kappa shape index (κ1) is 10.1. The van der Waals surface area contributed by atoms with Crippen molar-refractivity contribution in [3.8, 4) is 0 Å². The molecule has 15 heavy (non-hydrogen) atoms. The predicted molar refractivity (Wildman–Crippen MR) is 56.4 cm³/mol. The minimum Gasteiger partial charge on any atom is -0.378 e. The normalized spacial score (nSPS) is 16.0. The van der Waals surface area contributed by atoms with E-state index in [0.717, 1.165) is 18.8 Å². The van der Waals surface area contributed by atoms with Crippen LogP contribution in [0.2, 0.25) is 0 Å². The van der Waals surface area contributed by atoms with E-state index in [1.807, 2.05) is 18.2 Å². The smallest absolute Gasteiger partial charge is 0.249 e. The van der Waals surface area contributed by atoms with Crippen molar-refractivity contribution in [2.24, 2.45) is 5.73 Å². The fraction of sp³-hybridized carbons (Fsp3) is 0.364. The van der Waals surface area contributed by atoms with Crippen molar-refractivity contribution >= 4 is 5.91 Å². The first-order valence-corrected chi connectivity index (χ1v) is 4.96. The number of hydrogen-bond donors (Lipinski definition) is 2. The van der Waals surface area contributed by atoms with Gasteiger partial charge < -0.3 is 15.8 Å². The van der Waals surface area contributed by atoms with Crippen LogP contribution < -0.4 is 11.1 Å². The Hall–Kier alpha value is -1.39. The fourth-order valence-corrected chi connectivity index (χ4v) is 1.52. The van der Waals surface area contributed by atoms with Crippen LogP contribution in [0.25, 0.3) is 0 Å². The standard InChI is InChI=1S/C11H14N2O2/c12-11(14)10-4-2-1-3-8(10)5-13-9-6-15-7-9/h1-4,9,13H,5-7H2,(H2,12,14). The van der Waals surface area contributed by atoms with Crippen molar-refractivity contribution in [3.05, 3.63) is 35.4 Å². The van der Waals surface area contributed by atoms with E-state index >= 15 is 0 Å². The summed E-state index contributed by atoms with van der Waals surface area (Å²) in [6, 6.07) is 7.78. The Bertz CT molecular complexity index is 361.